The molecule has 0 fully saturated rings. The van der Waals surface area contributed by atoms with Crippen molar-refractivity contribution in [3.8, 4) is 0 Å². The molecule has 0 heterocycles. The maximum Gasteiger partial charge on any atom is 0.337 e. The Morgan fingerprint density at radius 1 is 1.39 bits per heavy atom. The van der Waals surface area contributed by atoms with Crippen molar-refractivity contribution < 1.29 is 19.8 Å². The van der Waals surface area contributed by atoms with Gasteiger partial charge < -0.3 is 10.2 Å². The number of aliphatic hydroxyl groups excluding tert-OH is 1. The molecule has 0 aliphatic heterocycles. The number of carboxylic acids is 1. The van der Waals surface area contributed by atoms with Crippen molar-refractivity contribution in [3.05, 3.63) is 34.9 Å². The van der Waals surface area contributed by atoms with Gasteiger partial charge in [0.05, 0.1) is 5.88 Å². The summed E-state index contributed by atoms with van der Waals surface area (Å²) in [6, 6.07) is 4.95. The third-order valence-corrected chi connectivity index (χ3v) is 3.03. The summed E-state index contributed by atoms with van der Waals surface area (Å²) in [7, 11) is 0. The standard InChI is InChI=1S/C13H15ClO4/c1-2-10-8(6-9(15)7-14)4-3-5-11(10)12(16)13(17)18/h3-5,12,16H,2,6-7H2,1H3,(H,17,18). The monoisotopic (exact) mass is 270 g/mol. The zero-order chi connectivity index (χ0) is 13.7. The molecule has 98 valence electrons. The quantitative estimate of drug-likeness (QED) is 0.772. The molecule has 0 spiro atoms. The molecule has 0 aromatic heterocycles. The Morgan fingerprint density at radius 3 is 2.56 bits per heavy atom. The van der Waals surface area contributed by atoms with Crippen molar-refractivity contribution in [1.82, 2.24) is 0 Å². The predicted molar refractivity (Wildman–Crippen MR) is 67.8 cm³/mol. The molecule has 1 aromatic carbocycles. The van der Waals surface area contributed by atoms with Crippen LogP contribution in [0.4, 0.5) is 0 Å². The topological polar surface area (TPSA) is 74.6 Å². The van der Waals surface area contributed by atoms with Gasteiger partial charge in [0.1, 0.15) is 0 Å². The number of hydrogen-bond acceptors (Lipinski definition) is 3. The highest BCUT2D eigenvalue weighted by Crippen LogP contribution is 2.23. The van der Waals surface area contributed by atoms with Crippen LogP contribution in [0.5, 0.6) is 0 Å². The number of hydrogen-bond donors (Lipinski definition) is 2. The highest BCUT2D eigenvalue weighted by atomic mass is 35.5. The van der Waals surface area contributed by atoms with Gasteiger partial charge in [-0.25, -0.2) is 4.79 Å². The molecule has 1 aromatic rings. The average Bonchev–Trinajstić information content (AvgIpc) is 2.37. The number of carbonyl (C=O) groups is 2. The van der Waals surface area contributed by atoms with Gasteiger partial charge in [-0.1, -0.05) is 25.1 Å². The molecule has 1 atom stereocenters. The fourth-order valence-electron chi connectivity index (χ4n) is 1.90. The summed E-state index contributed by atoms with van der Waals surface area (Å²) in [5.74, 6) is -1.51. The molecule has 0 aliphatic rings. The van der Waals surface area contributed by atoms with Crippen molar-refractivity contribution in [3.63, 3.8) is 0 Å². The Labute approximate surface area is 110 Å². The lowest BCUT2D eigenvalue weighted by Crippen LogP contribution is -2.15. The second-order valence-corrected chi connectivity index (χ2v) is 4.20. The second-order valence-electron chi connectivity index (χ2n) is 3.93. The highest BCUT2D eigenvalue weighted by Gasteiger charge is 2.20. The number of Topliss-reactive ketones (excluding diaryl/α,β-unsaturated/α-hetero) is 1. The summed E-state index contributed by atoms with van der Waals surface area (Å²) >= 11 is 5.46. The van der Waals surface area contributed by atoms with Crippen LogP contribution in [0.2, 0.25) is 0 Å². The Bertz CT molecular complexity index is 456. The zero-order valence-corrected chi connectivity index (χ0v) is 10.8. The van der Waals surface area contributed by atoms with E-state index in [-0.39, 0.29) is 18.1 Å². The number of rotatable bonds is 6. The maximum atomic E-state index is 11.4. The van der Waals surface area contributed by atoms with E-state index >= 15 is 0 Å². The van der Waals surface area contributed by atoms with Crippen molar-refractivity contribution >= 4 is 23.4 Å². The van der Waals surface area contributed by atoms with Gasteiger partial charge in [-0.2, -0.15) is 0 Å². The minimum atomic E-state index is -1.56. The number of halogens is 1. The Morgan fingerprint density at radius 2 is 2.06 bits per heavy atom. The van der Waals surface area contributed by atoms with Gasteiger partial charge in [-0.3, -0.25) is 4.79 Å². The van der Waals surface area contributed by atoms with Crippen LogP contribution in [0, 0.1) is 0 Å². The predicted octanol–water partition coefficient (Wildman–Crippen LogP) is 1.72. The maximum absolute atomic E-state index is 11.4. The largest absolute Gasteiger partial charge is 0.479 e. The van der Waals surface area contributed by atoms with E-state index in [1.54, 1.807) is 18.2 Å². The van der Waals surface area contributed by atoms with Crippen LogP contribution in [0.1, 0.15) is 29.7 Å². The molecule has 0 radical (unpaired) electrons. The van der Waals surface area contributed by atoms with Crippen LogP contribution in [-0.2, 0) is 22.4 Å². The first kappa shape index (κ1) is 14.7. The second kappa shape index (κ2) is 6.52. The van der Waals surface area contributed by atoms with Gasteiger partial charge in [0.25, 0.3) is 0 Å². The first-order chi connectivity index (χ1) is 8.51. The van der Waals surface area contributed by atoms with E-state index in [9.17, 15) is 14.7 Å². The summed E-state index contributed by atoms with van der Waals surface area (Å²) in [6.07, 6.45) is -0.857. The molecule has 0 saturated carbocycles. The number of aliphatic hydroxyl groups is 1. The smallest absolute Gasteiger partial charge is 0.337 e. The van der Waals surface area contributed by atoms with Gasteiger partial charge in [0.2, 0.25) is 0 Å². The minimum Gasteiger partial charge on any atom is -0.479 e. The number of aliphatic carboxylic acids is 1. The van der Waals surface area contributed by atoms with Gasteiger partial charge in [0.15, 0.2) is 11.9 Å². The van der Waals surface area contributed by atoms with E-state index < -0.39 is 12.1 Å². The third kappa shape index (κ3) is 3.31. The van der Waals surface area contributed by atoms with Crippen LogP contribution < -0.4 is 0 Å². The summed E-state index contributed by atoms with van der Waals surface area (Å²) in [6.45, 7) is 1.85. The van der Waals surface area contributed by atoms with E-state index in [4.69, 9.17) is 16.7 Å². The van der Waals surface area contributed by atoms with Gasteiger partial charge >= 0.3 is 5.97 Å². The van der Waals surface area contributed by atoms with Crippen molar-refractivity contribution in [1.29, 1.82) is 0 Å². The molecule has 1 rings (SSSR count). The lowest BCUT2D eigenvalue weighted by atomic mass is 9.93. The summed E-state index contributed by atoms with van der Waals surface area (Å²) in [4.78, 5) is 22.2. The average molecular weight is 271 g/mol. The zero-order valence-electron chi connectivity index (χ0n) is 10.0. The Balaban J connectivity index is 3.17. The molecular formula is C13H15ClO4. The number of ketones is 1. The van der Waals surface area contributed by atoms with Gasteiger partial charge in [-0.05, 0) is 23.1 Å². The van der Waals surface area contributed by atoms with Crippen LogP contribution in [-0.4, -0.2) is 27.8 Å². The fraction of sp³-hybridized carbons (Fsp3) is 0.385. The van der Waals surface area contributed by atoms with Crippen LogP contribution >= 0.6 is 11.6 Å². The van der Waals surface area contributed by atoms with Gasteiger partial charge in [0, 0.05) is 6.42 Å². The molecule has 0 amide bonds. The lowest BCUT2D eigenvalue weighted by molar-refractivity contribution is -0.147. The van der Waals surface area contributed by atoms with E-state index in [0.29, 0.717) is 17.5 Å². The SMILES string of the molecule is CCc1c(CC(=O)CCl)cccc1C(O)C(=O)O. The van der Waals surface area contributed by atoms with Crippen molar-refractivity contribution in [2.24, 2.45) is 0 Å². The third-order valence-electron chi connectivity index (χ3n) is 2.73. The molecule has 0 aliphatic carbocycles. The molecular weight excluding hydrogens is 256 g/mol. The molecule has 5 heteroatoms. The summed E-state index contributed by atoms with van der Waals surface area (Å²) in [5.41, 5.74) is 1.76. The van der Waals surface area contributed by atoms with Crippen LogP contribution in [0.3, 0.4) is 0 Å². The number of alkyl halides is 1. The number of carbonyl (C=O) groups excluding carboxylic acids is 1. The molecule has 0 saturated heterocycles. The van der Waals surface area contributed by atoms with Gasteiger partial charge in [-0.15, -0.1) is 11.6 Å². The molecule has 4 nitrogen and oxygen atoms in total. The highest BCUT2D eigenvalue weighted by molar-refractivity contribution is 6.27. The minimum absolute atomic E-state index is 0.0745. The first-order valence-corrected chi connectivity index (χ1v) is 6.13. The van der Waals surface area contributed by atoms with Crippen LogP contribution in [0.25, 0.3) is 0 Å². The van der Waals surface area contributed by atoms with Crippen molar-refractivity contribution in [2.75, 3.05) is 5.88 Å². The normalized spacial score (nSPS) is 12.2. The number of carboxylic acid groups (broad SMARTS) is 1. The Kier molecular flexibility index (Phi) is 5.31. The molecule has 0 bridgehead atoms. The summed E-state index contributed by atoms with van der Waals surface area (Å²) < 4.78 is 0. The fourth-order valence-corrected chi connectivity index (χ4v) is 1.99. The number of benzene rings is 1. The lowest BCUT2D eigenvalue weighted by Gasteiger charge is -2.15. The van der Waals surface area contributed by atoms with E-state index in [2.05, 4.69) is 0 Å². The van der Waals surface area contributed by atoms with Crippen molar-refractivity contribution in [2.45, 2.75) is 25.9 Å². The Hall–Kier alpha value is -1.39. The molecule has 18 heavy (non-hydrogen) atoms. The molecule has 2 N–H and O–H groups in total. The van der Waals surface area contributed by atoms with E-state index in [1.165, 1.54) is 0 Å². The summed E-state index contributed by atoms with van der Waals surface area (Å²) in [5, 5.41) is 18.5. The molecule has 1 unspecified atom stereocenters. The van der Waals surface area contributed by atoms with Crippen LogP contribution in [0.15, 0.2) is 18.2 Å². The van der Waals surface area contributed by atoms with E-state index in [1.807, 2.05) is 6.92 Å². The first-order valence-electron chi connectivity index (χ1n) is 5.60. The van der Waals surface area contributed by atoms with E-state index in [0.717, 1.165) is 5.56 Å².